The van der Waals surface area contributed by atoms with E-state index in [0.717, 1.165) is 12.5 Å². The Hall–Kier alpha value is -1.43. The summed E-state index contributed by atoms with van der Waals surface area (Å²) in [5.74, 6) is -2.92. The van der Waals surface area contributed by atoms with Crippen LogP contribution in [0.5, 0.6) is 0 Å². The largest absolute Gasteiger partial charge is 0.400 e. The van der Waals surface area contributed by atoms with E-state index in [0.29, 0.717) is 30.8 Å². The number of amides is 1. The first-order valence-electron chi connectivity index (χ1n) is 6.08. The van der Waals surface area contributed by atoms with Crippen LogP contribution in [0.25, 0.3) is 0 Å². The Balaban J connectivity index is 0.00000200. The van der Waals surface area contributed by atoms with Crippen molar-refractivity contribution in [3.63, 3.8) is 0 Å². The molecule has 1 aliphatic rings. The van der Waals surface area contributed by atoms with Crippen LogP contribution in [0, 0.1) is 5.92 Å². The van der Waals surface area contributed by atoms with Gasteiger partial charge in [-0.3, -0.25) is 4.79 Å². The molecule has 2 rings (SSSR count). The van der Waals surface area contributed by atoms with Gasteiger partial charge in [-0.15, -0.1) is 12.4 Å². The predicted octanol–water partition coefficient (Wildman–Crippen LogP) is 3.17. The summed E-state index contributed by atoms with van der Waals surface area (Å²) >= 11 is 0. The van der Waals surface area contributed by atoms with Crippen molar-refractivity contribution in [2.45, 2.75) is 25.9 Å². The van der Waals surface area contributed by atoms with Gasteiger partial charge in [0.15, 0.2) is 0 Å². The Morgan fingerprint density at radius 1 is 1.40 bits per heavy atom. The summed E-state index contributed by atoms with van der Waals surface area (Å²) in [6.07, 6.45) is -3.21. The van der Waals surface area contributed by atoms with Gasteiger partial charge >= 0.3 is 6.18 Å². The number of nitrogens with two attached hydrogens (primary N) is 1. The monoisotopic (exact) mass is 308 g/mol. The van der Waals surface area contributed by atoms with Crippen molar-refractivity contribution < 1.29 is 18.0 Å². The molecule has 1 aliphatic heterocycles. The van der Waals surface area contributed by atoms with Gasteiger partial charge in [0.2, 0.25) is 5.91 Å². The summed E-state index contributed by atoms with van der Waals surface area (Å²) in [5.41, 5.74) is 7.60. The summed E-state index contributed by atoms with van der Waals surface area (Å²) in [4.78, 5) is 13.2. The summed E-state index contributed by atoms with van der Waals surface area (Å²) in [6.45, 7) is 1.19. The zero-order chi connectivity index (χ0) is 14.2. The van der Waals surface area contributed by atoms with Gasteiger partial charge in [0.05, 0.1) is 0 Å². The van der Waals surface area contributed by atoms with Crippen molar-refractivity contribution in [3.8, 4) is 0 Å². The number of fused-ring (bicyclic) bond motifs is 1. The molecule has 7 heteroatoms. The Bertz CT molecular complexity index is 505. The second kappa shape index (κ2) is 5.91. The van der Waals surface area contributed by atoms with Gasteiger partial charge in [-0.1, -0.05) is 6.07 Å². The van der Waals surface area contributed by atoms with Gasteiger partial charge in [0.1, 0.15) is 5.92 Å². The standard InChI is InChI=1S/C13H15F3N2O.ClH/c1-8(13(14,15)16)12(19)18-7-3-4-9-10(17)5-2-6-11(9)18;/h2,5-6,8H,3-4,7,17H2,1H3;1H. The first kappa shape index (κ1) is 16.6. The molecule has 0 saturated carbocycles. The molecular weight excluding hydrogens is 293 g/mol. The molecule has 1 aromatic rings. The van der Waals surface area contributed by atoms with E-state index in [-0.39, 0.29) is 12.4 Å². The van der Waals surface area contributed by atoms with E-state index in [1.807, 2.05) is 0 Å². The third-order valence-corrected chi connectivity index (χ3v) is 3.41. The number of hydrogen-bond donors (Lipinski definition) is 1. The van der Waals surface area contributed by atoms with Crippen LogP contribution in [0.15, 0.2) is 18.2 Å². The molecule has 0 bridgehead atoms. The number of nitrogen functional groups attached to an aromatic ring is 1. The van der Waals surface area contributed by atoms with Crippen LogP contribution >= 0.6 is 12.4 Å². The lowest BCUT2D eigenvalue weighted by molar-refractivity contribution is -0.177. The quantitative estimate of drug-likeness (QED) is 0.810. The summed E-state index contributed by atoms with van der Waals surface area (Å²) in [5, 5.41) is 0. The van der Waals surface area contributed by atoms with E-state index in [2.05, 4.69) is 0 Å². The normalized spacial score (nSPS) is 16.1. The highest BCUT2D eigenvalue weighted by molar-refractivity contribution is 5.97. The Labute approximate surface area is 121 Å². The number of alkyl halides is 3. The van der Waals surface area contributed by atoms with Crippen LogP contribution in [-0.2, 0) is 11.2 Å². The molecule has 1 aromatic carbocycles. The molecule has 2 N–H and O–H groups in total. The average Bonchev–Trinajstić information content (AvgIpc) is 2.36. The zero-order valence-corrected chi connectivity index (χ0v) is 11.7. The SMILES string of the molecule is CC(C(=O)N1CCCc2c(N)cccc21)C(F)(F)F.Cl. The van der Waals surface area contributed by atoms with Gasteiger partial charge in [-0.2, -0.15) is 13.2 Å². The zero-order valence-electron chi connectivity index (χ0n) is 10.9. The lowest BCUT2D eigenvalue weighted by Crippen LogP contribution is -2.43. The van der Waals surface area contributed by atoms with Gasteiger partial charge in [-0.05, 0) is 37.5 Å². The molecule has 0 aliphatic carbocycles. The first-order chi connectivity index (χ1) is 8.82. The number of rotatable bonds is 1. The van der Waals surface area contributed by atoms with E-state index in [4.69, 9.17) is 5.73 Å². The molecule has 0 radical (unpaired) electrons. The molecule has 1 unspecified atom stereocenters. The van der Waals surface area contributed by atoms with Crippen LogP contribution in [-0.4, -0.2) is 18.6 Å². The lowest BCUT2D eigenvalue weighted by atomic mass is 9.98. The van der Waals surface area contributed by atoms with Gasteiger partial charge in [-0.25, -0.2) is 0 Å². The number of carbonyl (C=O) groups is 1. The van der Waals surface area contributed by atoms with Crippen molar-refractivity contribution in [1.82, 2.24) is 0 Å². The summed E-state index contributed by atoms with van der Waals surface area (Å²) in [7, 11) is 0. The molecule has 1 atom stereocenters. The molecule has 1 amide bonds. The fourth-order valence-electron chi connectivity index (χ4n) is 2.25. The first-order valence-corrected chi connectivity index (χ1v) is 6.08. The summed E-state index contributed by atoms with van der Waals surface area (Å²) < 4.78 is 37.9. The minimum atomic E-state index is -4.52. The van der Waals surface area contributed by atoms with Crippen LogP contribution in [0.3, 0.4) is 0 Å². The highest BCUT2D eigenvalue weighted by atomic mass is 35.5. The topological polar surface area (TPSA) is 46.3 Å². The van der Waals surface area contributed by atoms with Crippen LogP contribution in [0.1, 0.15) is 18.9 Å². The van der Waals surface area contributed by atoms with Crippen LogP contribution < -0.4 is 10.6 Å². The molecular formula is C13H16ClF3N2O. The Morgan fingerprint density at radius 2 is 2.05 bits per heavy atom. The maximum Gasteiger partial charge on any atom is 0.400 e. The van der Waals surface area contributed by atoms with E-state index in [1.165, 1.54) is 4.90 Å². The minimum Gasteiger partial charge on any atom is -0.398 e. The highest BCUT2D eigenvalue weighted by Gasteiger charge is 2.43. The second-order valence-corrected chi connectivity index (χ2v) is 4.70. The summed E-state index contributed by atoms with van der Waals surface area (Å²) in [6, 6.07) is 4.99. The number of benzene rings is 1. The Kier molecular flexibility index (Phi) is 4.91. The number of hydrogen-bond acceptors (Lipinski definition) is 2. The van der Waals surface area contributed by atoms with Crippen LogP contribution in [0.2, 0.25) is 0 Å². The molecule has 0 saturated heterocycles. The third kappa shape index (κ3) is 3.00. The van der Waals surface area contributed by atoms with E-state index >= 15 is 0 Å². The number of nitrogens with zero attached hydrogens (tertiary/aromatic N) is 1. The predicted molar refractivity (Wildman–Crippen MR) is 74.0 cm³/mol. The number of halogens is 4. The average molecular weight is 309 g/mol. The maximum absolute atomic E-state index is 12.6. The molecule has 20 heavy (non-hydrogen) atoms. The van der Waals surface area contributed by atoms with Crippen molar-refractivity contribution in [2.24, 2.45) is 5.92 Å². The third-order valence-electron chi connectivity index (χ3n) is 3.41. The van der Waals surface area contributed by atoms with Crippen LogP contribution in [0.4, 0.5) is 24.5 Å². The van der Waals surface area contributed by atoms with E-state index in [9.17, 15) is 18.0 Å². The smallest absolute Gasteiger partial charge is 0.398 e. The molecule has 3 nitrogen and oxygen atoms in total. The van der Waals surface area contributed by atoms with Crippen molar-refractivity contribution >= 4 is 29.7 Å². The van der Waals surface area contributed by atoms with Gasteiger partial charge in [0.25, 0.3) is 0 Å². The fourth-order valence-corrected chi connectivity index (χ4v) is 2.25. The van der Waals surface area contributed by atoms with Gasteiger partial charge in [0, 0.05) is 17.9 Å². The molecule has 1 heterocycles. The maximum atomic E-state index is 12.6. The minimum absolute atomic E-state index is 0. The molecule has 0 aromatic heterocycles. The second-order valence-electron chi connectivity index (χ2n) is 4.70. The van der Waals surface area contributed by atoms with Gasteiger partial charge < -0.3 is 10.6 Å². The van der Waals surface area contributed by atoms with Crippen molar-refractivity contribution in [2.75, 3.05) is 17.2 Å². The number of anilines is 2. The van der Waals surface area contributed by atoms with Crippen molar-refractivity contribution in [1.29, 1.82) is 0 Å². The molecule has 0 spiro atoms. The Morgan fingerprint density at radius 3 is 2.65 bits per heavy atom. The molecule has 0 fully saturated rings. The highest BCUT2D eigenvalue weighted by Crippen LogP contribution is 2.35. The molecule has 112 valence electrons. The fraction of sp³-hybridized carbons (Fsp3) is 0.462. The van der Waals surface area contributed by atoms with E-state index in [1.54, 1.807) is 18.2 Å². The van der Waals surface area contributed by atoms with E-state index < -0.39 is 18.0 Å². The number of carbonyl (C=O) groups excluding carboxylic acids is 1. The van der Waals surface area contributed by atoms with Crippen molar-refractivity contribution in [3.05, 3.63) is 23.8 Å². The lowest BCUT2D eigenvalue weighted by Gasteiger charge is -2.32.